The van der Waals surface area contributed by atoms with Crippen LogP contribution in [0.2, 0.25) is 0 Å². The topological polar surface area (TPSA) is 59.1 Å². The number of anilines is 1. The summed E-state index contributed by atoms with van der Waals surface area (Å²) in [5.41, 5.74) is 0. The Morgan fingerprint density at radius 3 is 3.12 bits per heavy atom. The van der Waals surface area contributed by atoms with Crippen molar-refractivity contribution in [2.75, 3.05) is 18.4 Å². The summed E-state index contributed by atoms with van der Waals surface area (Å²) in [7, 11) is 0. The largest absolute Gasteiger partial charge is 0.475 e. The van der Waals surface area contributed by atoms with Gasteiger partial charge in [-0.15, -0.1) is 0 Å². The summed E-state index contributed by atoms with van der Waals surface area (Å²) < 4.78 is 5.52. The van der Waals surface area contributed by atoms with E-state index in [2.05, 4.69) is 20.6 Å². The molecule has 17 heavy (non-hydrogen) atoms. The van der Waals surface area contributed by atoms with E-state index in [1.165, 1.54) is 19.2 Å². The molecule has 0 aromatic carbocycles. The maximum Gasteiger partial charge on any atom is 0.218 e. The van der Waals surface area contributed by atoms with Crippen LogP contribution in [0.25, 0.3) is 0 Å². The lowest BCUT2D eigenvalue weighted by molar-refractivity contribution is 0.232. The Kier molecular flexibility index (Phi) is 4.14. The quantitative estimate of drug-likeness (QED) is 0.810. The van der Waals surface area contributed by atoms with Crippen LogP contribution in [-0.2, 0) is 0 Å². The predicted molar refractivity (Wildman–Crippen MR) is 67.3 cm³/mol. The van der Waals surface area contributed by atoms with Crippen molar-refractivity contribution in [2.45, 2.75) is 38.8 Å². The second kappa shape index (κ2) is 5.82. The zero-order chi connectivity index (χ0) is 12.1. The molecule has 0 amide bonds. The lowest BCUT2D eigenvalue weighted by Gasteiger charge is -2.13. The highest BCUT2D eigenvalue weighted by molar-refractivity contribution is 5.37. The van der Waals surface area contributed by atoms with Crippen molar-refractivity contribution in [3.05, 3.63) is 12.4 Å². The van der Waals surface area contributed by atoms with Gasteiger partial charge in [0.15, 0.2) is 0 Å². The minimum Gasteiger partial charge on any atom is -0.475 e. The van der Waals surface area contributed by atoms with E-state index in [1.807, 2.05) is 19.9 Å². The SMILES string of the molecule is CC(C)Oc1cc(NCC2CCCN2)ncn1. The van der Waals surface area contributed by atoms with Gasteiger partial charge in [0.1, 0.15) is 12.1 Å². The van der Waals surface area contributed by atoms with Gasteiger partial charge in [0.2, 0.25) is 5.88 Å². The maximum atomic E-state index is 5.52. The zero-order valence-electron chi connectivity index (χ0n) is 10.4. The van der Waals surface area contributed by atoms with Crippen molar-refractivity contribution < 1.29 is 4.74 Å². The van der Waals surface area contributed by atoms with Crippen LogP contribution in [0, 0.1) is 0 Å². The van der Waals surface area contributed by atoms with Gasteiger partial charge in [0, 0.05) is 18.7 Å². The van der Waals surface area contributed by atoms with E-state index < -0.39 is 0 Å². The van der Waals surface area contributed by atoms with Gasteiger partial charge in [-0.05, 0) is 33.2 Å². The second-order valence-corrected chi connectivity index (χ2v) is 4.58. The Hall–Kier alpha value is -1.36. The van der Waals surface area contributed by atoms with Crippen LogP contribution >= 0.6 is 0 Å². The summed E-state index contributed by atoms with van der Waals surface area (Å²) in [6.07, 6.45) is 4.15. The van der Waals surface area contributed by atoms with Crippen LogP contribution in [0.1, 0.15) is 26.7 Å². The lowest BCUT2D eigenvalue weighted by Crippen LogP contribution is -2.29. The highest BCUT2D eigenvalue weighted by Gasteiger charge is 2.13. The number of nitrogens with one attached hydrogen (secondary N) is 2. The van der Waals surface area contributed by atoms with E-state index in [1.54, 1.807) is 0 Å². The molecule has 5 heteroatoms. The molecule has 94 valence electrons. The van der Waals surface area contributed by atoms with E-state index in [0.717, 1.165) is 18.9 Å². The molecule has 0 saturated carbocycles. The van der Waals surface area contributed by atoms with Crippen molar-refractivity contribution in [1.82, 2.24) is 15.3 Å². The average Bonchev–Trinajstić information content (AvgIpc) is 2.79. The van der Waals surface area contributed by atoms with Crippen molar-refractivity contribution in [3.8, 4) is 5.88 Å². The Bertz CT molecular complexity index is 350. The number of rotatable bonds is 5. The fourth-order valence-electron chi connectivity index (χ4n) is 1.90. The monoisotopic (exact) mass is 236 g/mol. The second-order valence-electron chi connectivity index (χ2n) is 4.58. The van der Waals surface area contributed by atoms with Crippen LogP contribution in [0.4, 0.5) is 5.82 Å². The molecule has 2 N–H and O–H groups in total. The predicted octanol–water partition coefficient (Wildman–Crippen LogP) is 1.43. The molecule has 1 aliphatic rings. The molecule has 1 atom stereocenters. The summed E-state index contributed by atoms with van der Waals surface area (Å²) in [5.74, 6) is 1.45. The van der Waals surface area contributed by atoms with Crippen molar-refractivity contribution in [2.24, 2.45) is 0 Å². The molecule has 1 unspecified atom stereocenters. The van der Waals surface area contributed by atoms with Gasteiger partial charge in [-0.25, -0.2) is 9.97 Å². The van der Waals surface area contributed by atoms with E-state index in [-0.39, 0.29) is 6.10 Å². The number of hydrogen-bond donors (Lipinski definition) is 2. The van der Waals surface area contributed by atoms with Crippen LogP contribution in [0.3, 0.4) is 0 Å². The van der Waals surface area contributed by atoms with Crippen molar-refractivity contribution >= 4 is 5.82 Å². The minimum absolute atomic E-state index is 0.134. The Morgan fingerprint density at radius 1 is 1.53 bits per heavy atom. The fourth-order valence-corrected chi connectivity index (χ4v) is 1.90. The van der Waals surface area contributed by atoms with Gasteiger partial charge in [-0.3, -0.25) is 0 Å². The molecule has 1 saturated heterocycles. The number of ether oxygens (including phenoxy) is 1. The van der Waals surface area contributed by atoms with Crippen molar-refractivity contribution in [3.63, 3.8) is 0 Å². The van der Waals surface area contributed by atoms with Crippen LogP contribution < -0.4 is 15.4 Å². The Morgan fingerprint density at radius 2 is 2.41 bits per heavy atom. The highest BCUT2D eigenvalue weighted by Crippen LogP contribution is 2.13. The Balaban J connectivity index is 1.86. The smallest absolute Gasteiger partial charge is 0.218 e. The molecule has 1 aromatic heterocycles. The van der Waals surface area contributed by atoms with Crippen LogP contribution in [0.5, 0.6) is 5.88 Å². The standard InChI is InChI=1S/C12H20N4O/c1-9(2)17-12-6-11(15-8-16-12)14-7-10-4-3-5-13-10/h6,8-10,13H,3-5,7H2,1-2H3,(H,14,15,16). The van der Waals surface area contributed by atoms with E-state index in [4.69, 9.17) is 4.74 Å². The Labute approximate surface area is 102 Å². The maximum absolute atomic E-state index is 5.52. The van der Waals surface area contributed by atoms with Gasteiger partial charge in [0.25, 0.3) is 0 Å². The first-order valence-electron chi connectivity index (χ1n) is 6.20. The first kappa shape index (κ1) is 12.1. The molecule has 0 aliphatic carbocycles. The summed E-state index contributed by atoms with van der Waals surface area (Å²) >= 11 is 0. The molecule has 0 bridgehead atoms. The van der Waals surface area contributed by atoms with Crippen LogP contribution in [0.15, 0.2) is 12.4 Å². The van der Waals surface area contributed by atoms with E-state index in [9.17, 15) is 0 Å². The third-order valence-electron chi connectivity index (χ3n) is 2.69. The first-order chi connectivity index (χ1) is 8.24. The van der Waals surface area contributed by atoms with Gasteiger partial charge in [0.05, 0.1) is 6.10 Å². The molecule has 1 aromatic rings. The van der Waals surface area contributed by atoms with E-state index >= 15 is 0 Å². The minimum atomic E-state index is 0.134. The molecule has 1 fully saturated rings. The van der Waals surface area contributed by atoms with Gasteiger partial charge >= 0.3 is 0 Å². The summed E-state index contributed by atoms with van der Waals surface area (Å²) in [4.78, 5) is 8.25. The van der Waals surface area contributed by atoms with Gasteiger partial charge < -0.3 is 15.4 Å². The summed E-state index contributed by atoms with van der Waals surface area (Å²) in [6.45, 7) is 5.99. The molecule has 1 aliphatic heterocycles. The molecule has 2 rings (SSSR count). The summed E-state index contributed by atoms with van der Waals surface area (Å²) in [6, 6.07) is 2.40. The summed E-state index contributed by atoms with van der Waals surface area (Å²) in [5, 5.41) is 6.74. The molecule has 5 nitrogen and oxygen atoms in total. The highest BCUT2D eigenvalue weighted by atomic mass is 16.5. The third kappa shape index (κ3) is 3.85. The molecule has 0 spiro atoms. The van der Waals surface area contributed by atoms with Crippen molar-refractivity contribution in [1.29, 1.82) is 0 Å². The normalized spacial score (nSPS) is 19.6. The molecular formula is C12H20N4O. The molecular weight excluding hydrogens is 216 g/mol. The molecule has 0 radical (unpaired) electrons. The molecule has 2 heterocycles. The lowest BCUT2D eigenvalue weighted by atomic mass is 10.2. The number of aromatic nitrogens is 2. The third-order valence-corrected chi connectivity index (χ3v) is 2.69. The first-order valence-corrected chi connectivity index (χ1v) is 6.20. The zero-order valence-corrected chi connectivity index (χ0v) is 10.4. The van der Waals surface area contributed by atoms with Gasteiger partial charge in [-0.2, -0.15) is 0 Å². The van der Waals surface area contributed by atoms with Gasteiger partial charge in [-0.1, -0.05) is 0 Å². The number of nitrogens with zero attached hydrogens (tertiary/aromatic N) is 2. The van der Waals surface area contributed by atoms with E-state index in [0.29, 0.717) is 11.9 Å². The van der Waals surface area contributed by atoms with Crippen LogP contribution in [-0.4, -0.2) is 35.2 Å². The average molecular weight is 236 g/mol. The number of hydrogen-bond acceptors (Lipinski definition) is 5. The fraction of sp³-hybridized carbons (Fsp3) is 0.667.